The summed E-state index contributed by atoms with van der Waals surface area (Å²) in [4.78, 5) is 16.9. The normalized spacial score (nSPS) is 15.6. The van der Waals surface area contributed by atoms with Gasteiger partial charge in [-0.05, 0) is 35.1 Å². The van der Waals surface area contributed by atoms with E-state index >= 15 is 0 Å². The minimum atomic E-state index is 0.00113. The number of hydrogen-bond donors (Lipinski definition) is 1. The van der Waals surface area contributed by atoms with Crippen molar-refractivity contribution in [1.82, 2.24) is 9.80 Å². The first-order chi connectivity index (χ1) is 12.9. The predicted octanol–water partition coefficient (Wildman–Crippen LogP) is 4.38. The number of rotatable bonds is 4. The number of carbonyl (C=O) groups is 1. The highest BCUT2D eigenvalue weighted by Crippen LogP contribution is 2.23. The van der Waals surface area contributed by atoms with Crippen LogP contribution in [0, 0.1) is 0 Å². The summed E-state index contributed by atoms with van der Waals surface area (Å²) in [6.45, 7) is 11.1. The maximum atomic E-state index is 12.5. The number of carbonyl (C=O) groups excluding carboxylic acids is 1. The van der Waals surface area contributed by atoms with E-state index in [1.807, 2.05) is 17.0 Å². The number of hydrogen-bond acceptors (Lipinski definition) is 2. The fourth-order valence-corrected chi connectivity index (χ4v) is 3.36. The van der Waals surface area contributed by atoms with E-state index in [0.717, 1.165) is 44.8 Å². The molecule has 1 aliphatic heterocycles. The van der Waals surface area contributed by atoms with Gasteiger partial charge < -0.3 is 10.2 Å². The zero-order valence-electron chi connectivity index (χ0n) is 16.7. The Morgan fingerprint density at radius 1 is 0.926 bits per heavy atom. The van der Waals surface area contributed by atoms with Gasteiger partial charge in [-0.3, -0.25) is 4.90 Å². The van der Waals surface area contributed by atoms with Gasteiger partial charge in [-0.25, -0.2) is 4.79 Å². The number of nitrogens with one attached hydrogen (secondary N) is 1. The van der Waals surface area contributed by atoms with Crippen molar-refractivity contribution >= 4 is 11.7 Å². The van der Waals surface area contributed by atoms with Crippen LogP contribution >= 0.6 is 0 Å². The lowest BCUT2D eigenvalue weighted by Gasteiger charge is -2.34. The number of anilines is 1. The quantitative estimate of drug-likeness (QED) is 0.873. The molecule has 0 unspecified atom stereocenters. The van der Waals surface area contributed by atoms with Crippen LogP contribution in [0.1, 0.15) is 31.9 Å². The molecule has 3 rings (SSSR count). The molecular weight excluding hydrogens is 334 g/mol. The Labute approximate surface area is 163 Å². The van der Waals surface area contributed by atoms with Gasteiger partial charge >= 0.3 is 6.03 Å². The zero-order valence-corrected chi connectivity index (χ0v) is 16.7. The lowest BCUT2D eigenvalue weighted by Crippen LogP contribution is -2.50. The minimum Gasteiger partial charge on any atom is -0.322 e. The summed E-state index contributed by atoms with van der Waals surface area (Å²) in [7, 11) is 0. The Bertz CT molecular complexity index is 726. The number of urea groups is 1. The molecule has 0 spiro atoms. The molecule has 0 bridgehead atoms. The fraction of sp³-hybridized carbons (Fsp3) is 0.435. The van der Waals surface area contributed by atoms with Gasteiger partial charge in [-0.15, -0.1) is 0 Å². The zero-order chi connectivity index (χ0) is 19.3. The van der Waals surface area contributed by atoms with Crippen molar-refractivity contribution in [2.45, 2.75) is 32.6 Å². The van der Waals surface area contributed by atoms with E-state index in [0.29, 0.717) is 0 Å². The van der Waals surface area contributed by atoms with Crippen LogP contribution in [0.4, 0.5) is 10.5 Å². The van der Waals surface area contributed by atoms with E-state index in [2.05, 4.69) is 73.5 Å². The molecule has 2 amide bonds. The van der Waals surface area contributed by atoms with Crippen molar-refractivity contribution < 1.29 is 4.79 Å². The average Bonchev–Trinajstić information content (AvgIpc) is 2.67. The van der Waals surface area contributed by atoms with Crippen LogP contribution in [0.2, 0.25) is 0 Å². The summed E-state index contributed by atoms with van der Waals surface area (Å²) < 4.78 is 0. The standard InChI is InChI=1S/C23H31N3O/c1-23(2,3)20-9-11-21(12-10-20)24-22(27)26-17-15-25(16-18-26)14-13-19-7-5-4-6-8-19/h4-12H,13-18H2,1-3H3,(H,24,27). The Hall–Kier alpha value is -2.33. The molecule has 27 heavy (non-hydrogen) atoms. The van der Waals surface area contributed by atoms with Gasteiger partial charge in [0.1, 0.15) is 0 Å². The van der Waals surface area contributed by atoms with E-state index in [-0.39, 0.29) is 11.4 Å². The lowest BCUT2D eigenvalue weighted by atomic mass is 9.87. The van der Waals surface area contributed by atoms with Gasteiger partial charge in [0.15, 0.2) is 0 Å². The van der Waals surface area contributed by atoms with E-state index in [4.69, 9.17) is 0 Å². The SMILES string of the molecule is CC(C)(C)c1ccc(NC(=O)N2CCN(CCc3ccccc3)CC2)cc1. The van der Waals surface area contributed by atoms with Gasteiger partial charge in [0.05, 0.1) is 0 Å². The van der Waals surface area contributed by atoms with Gasteiger partial charge in [-0.1, -0.05) is 63.2 Å². The highest BCUT2D eigenvalue weighted by Gasteiger charge is 2.21. The third-order valence-corrected chi connectivity index (χ3v) is 5.22. The number of amides is 2. The van der Waals surface area contributed by atoms with Crippen LogP contribution in [-0.2, 0) is 11.8 Å². The van der Waals surface area contributed by atoms with Crippen molar-refractivity contribution in [2.75, 3.05) is 38.0 Å². The molecular formula is C23H31N3O. The van der Waals surface area contributed by atoms with Crippen LogP contribution in [-0.4, -0.2) is 48.6 Å². The first-order valence-corrected chi connectivity index (χ1v) is 9.84. The summed E-state index contributed by atoms with van der Waals surface area (Å²) in [5.74, 6) is 0. The summed E-state index contributed by atoms with van der Waals surface area (Å²) in [6.07, 6.45) is 1.06. The fourth-order valence-electron chi connectivity index (χ4n) is 3.36. The molecule has 0 saturated carbocycles. The van der Waals surface area contributed by atoms with Gasteiger partial charge in [0.2, 0.25) is 0 Å². The minimum absolute atomic E-state index is 0.00113. The van der Waals surface area contributed by atoms with E-state index in [1.54, 1.807) is 0 Å². The molecule has 0 aliphatic carbocycles. The van der Waals surface area contributed by atoms with Crippen LogP contribution in [0.3, 0.4) is 0 Å². The van der Waals surface area contributed by atoms with E-state index in [1.165, 1.54) is 11.1 Å². The molecule has 1 N–H and O–H groups in total. The van der Waals surface area contributed by atoms with Crippen molar-refractivity contribution in [2.24, 2.45) is 0 Å². The molecule has 1 fully saturated rings. The first-order valence-electron chi connectivity index (χ1n) is 9.84. The summed E-state index contributed by atoms with van der Waals surface area (Å²) >= 11 is 0. The van der Waals surface area contributed by atoms with Crippen molar-refractivity contribution in [3.8, 4) is 0 Å². The van der Waals surface area contributed by atoms with Crippen molar-refractivity contribution in [1.29, 1.82) is 0 Å². The molecule has 4 heteroatoms. The summed E-state index contributed by atoms with van der Waals surface area (Å²) in [5.41, 5.74) is 3.63. The monoisotopic (exact) mass is 365 g/mol. The van der Waals surface area contributed by atoms with Crippen LogP contribution in [0.25, 0.3) is 0 Å². The highest BCUT2D eigenvalue weighted by molar-refractivity contribution is 5.89. The molecule has 1 aliphatic rings. The molecule has 2 aromatic carbocycles. The molecule has 1 saturated heterocycles. The van der Waals surface area contributed by atoms with Crippen LogP contribution in [0.15, 0.2) is 54.6 Å². The summed E-state index contributed by atoms with van der Waals surface area (Å²) in [5, 5.41) is 3.03. The molecule has 2 aromatic rings. The second-order valence-electron chi connectivity index (χ2n) is 8.32. The van der Waals surface area contributed by atoms with Gasteiger partial charge in [0.25, 0.3) is 0 Å². The largest absolute Gasteiger partial charge is 0.322 e. The molecule has 144 valence electrons. The Morgan fingerprint density at radius 2 is 1.56 bits per heavy atom. The van der Waals surface area contributed by atoms with Crippen LogP contribution < -0.4 is 5.32 Å². The number of nitrogens with zero attached hydrogens (tertiary/aromatic N) is 2. The highest BCUT2D eigenvalue weighted by atomic mass is 16.2. The van der Waals surface area contributed by atoms with Gasteiger partial charge in [0, 0.05) is 38.4 Å². The molecule has 0 atom stereocenters. The second-order valence-corrected chi connectivity index (χ2v) is 8.32. The summed E-state index contributed by atoms with van der Waals surface area (Å²) in [6, 6.07) is 18.8. The first kappa shape index (κ1) is 19.4. The average molecular weight is 366 g/mol. The third kappa shape index (κ3) is 5.57. The third-order valence-electron chi connectivity index (χ3n) is 5.22. The van der Waals surface area contributed by atoms with Crippen molar-refractivity contribution in [3.05, 3.63) is 65.7 Å². The van der Waals surface area contributed by atoms with Gasteiger partial charge in [-0.2, -0.15) is 0 Å². The van der Waals surface area contributed by atoms with Crippen molar-refractivity contribution in [3.63, 3.8) is 0 Å². The number of benzene rings is 2. The Balaban J connectivity index is 1.44. The second kappa shape index (κ2) is 8.57. The molecule has 4 nitrogen and oxygen atoms in total. The molecule has 0 radical (unpaired) electrons. The maximum Gasteiger partial charge on any atom is 0.321 e. The molecule has 1 heterocycles. The van der Waals surface area contributed by atoms with E-state index < -0.39 is 0 Å². The smallest absolute Gasteiger partial charge is 0.321 e. The Kier molecular flexibility index (Phi) is 6.17. The maximum absolute atomic E-state index is 12.5. The number of piperazine rings is 1. The Morgan fingerprint density at radius 3 is 2.15 bits per heavy atom. The van der Waals surface area contributed by atoms with E-state index in [9.17, 15) is 4.79 Å². The molecule has 0 aromatic heterocycles. The lowest BCUT2D eigenvalue weighted by molar-refractivity contribution is 0.148. The van der Waals surface area contributed by atoms with Crippen LogP contribution in [0.5, 0.6) is 0 Å². The topological polar surface area (TPSA) is 35.6 Å². The predicted molar refractivity (Wildman–Crippen MR) is 112 cm³/mol.